The van der Waals surface area contributed by atoms with Gasteiger partial charge >= 0.3 is 0 Å². The van der Waals surface area contributed by atoms with Crippen molar-refractivity contribution in [3.63, 3.8) is 0 Å². The number of rotatable bonds is 7. The van der Waals surface area contributed by atoms with Crippen LogP contribution in [-0.2, 0) is 14.8 Å². The number of halogens is 2. The van der Waals surface area contributed by atoms with Crippen LogP contribution in [0.25, 0.3) is 11.1 Å². The molecule has 12 heteroatoms. The van der Waals surface area contributed by atoms with Crippen LogP contribution in [0.4, 0.5) is 5.95 Å². The zero-order valence-corrected chi connectivity index (χ0v) is 20.0. The average molecular weight is 502 g/mol. The fraction of sp³-hybridized carbons (Fsp3) is 0.450. The third-order valence-corrected chi connectivity index (χ3v) is 8.12. The van der Waals surface area contributed by atoms with Gasteiger partial charge in [0.1, 0.15) is 0 Å². The number of benzene rings is 1. The number of hydrogen-bond donors (Lipinski definition) is 2. The molecule has 32 heavy (non-hydrogen) atoms. The van der Waals surface area contributed by atoms with Crippen molar-refractivity contribution in [2.45, 2.75) is 13.8 Å². The normalized spacial score (nSPS) is 16.2. The molecule has 2 heterocycles. The van der Waals surface area contributed by atoms with Gasteiger partial charge in [-0.1, -0.05) is 43.1 Å². The SMILES string of the molecule is CC(C)C(CS(=O)(=O)N1CCN(c2ncc(-c3ccc(Cl)c(Cl)c3)cn2)CC1)C(=O)NO. The predicted octanol–water partition coefficient (Wildman–Crippen LogP) is 2.68. The Bertz CT molecular complexity index is 1060. The molecule has 174 valence electrons. The summed E-state index contributed by atoms with van der Waals surface area (Å²) in [7, 11) is -3.67. The van der Waals surface area contributed by atoms with Crippen LogP contribution in [0, 0.1) is 11.8 Å². The molecule has 0 radical (unpaired) electrons. The monoisotopic (exact) mass is 501 g/mol. The smallest absolute Gasteiger partial charge is 0.247 e. The molecule has 1 aromatic heterocycles. The Morgan fingerprint density at radius 3 is 2.25 bits per heavy atom. The standard InChI is InChI=1S/C20H25Cl2N5O4S/c1-13(2)16(19(28)25-29)12-32(30,31)27-7-5-26(6-8-27)20-23-10-15(11-24-20)14-3-4-17(21)18(22)9-14/h3-4,9-11,13,16,29H,5-8,12H2,1-2H3,(H,25,28). The molecule has 0 aliphatic carbocycles. The van der Waals surface area contributed by atoms with Gasteiger partial charge in [-0.25, -0.2) is 23.9 Å². The molecule has 0 spiro atoms. The lowest BCUT2D eigenvalue weighted by Gasteiger charge is -2.34. The molecular weight excluding hydrogens is 477 g/mol. The molecule has 1 aliphatic rings. The summed E-state index contributed by atoms with van der Waals surface area (Å²) in [5.41, 5.74) is 3.19. The zero-order valence-electron chi connectivity index (χ0n) is 17.7. The highest BCUT2D eigenvalue weighted by Gasteiger charge is 2.34. The van der Waals surface area contributed by atoms with Gasteiger partial charge in [-0.2, -0.15) is 4.31 Å². The van der Waals surface area contributed by atoms with Gasteiger partial charge in [0.15, 0.2) is 0 Å². The van der Waals surface area contributed by atoms with Crippen molar-refractivity contribution in [2.24, 2.45) is 11.8 Å². The van der Waals surface area contributed by atoms with E-state index in [1.165, 1.54) is 4.31 Å². The lowest BCUT2D eigenvalue weighted by molar-refractivity contribution is -0.134. The molecule has 1 saturated heterocycles. The van der Waals surface area contributed by atoms with Crippen molar-refractivity contribution in [3.8, 4) is 11.1 Å². The van der Waals surface area contributed by atoms with Gasteiger partial charge in [-0.3, -0.25) is 10.0 Å². The molecule has 1 atom stereocenters. The predicted molar refractivity (Wildman–Crippen MR) is 123 cm³/mol. The minimum Gasteiger partial charge on any atom is -0.338 e. The summed E-state index contributed by atoms with van der Waals surface area (Å²) in [6.07, 6.45) is 3.37. The summed E-state index contributed by atoms with van der Waals surface area (Å²) < 4.78 is 27.0. The molecule has 1 fully saturated rings. The number of hydroxylamine groups is 1. The third-order valence-electron chi connectivity index (χ3n) is 5.45. The van der Waals surface area contributed by atoms with Crippen molar-refractivity contribution in [1.29, 1.82) is 0 Å². The van der Waals surface area contributed by atoms with Crippen LogP contribution in [0.15, 0.2) is 30.6 Å². The maximum Gasteiger partial charge on any atom is 0.247 e. The second kappa shape index (κ2) is 10.3. The highest BCUT2D eigenvalue weighted by molar-refractivity contribution is 7.89. The molecule has 1 amide bonds. The van der Waals surface area contributed by atoms with Crippen molar-refractivity contribution >= 4 is 45.1 Å². The number of nitrogens with zero attached hydrogens (tertiary/aromatic N) is 4. The van der Waals surface area contributed by atoms with Crippen LogP contribution in [0.5, 0.6) is 0 Å². The zero-order chi connectivity index (χ0) is 23.5. The van der Waals surface area contributed by atoms with Crippen LogP contribution in [-0.4, -0.2) is 65.7 Å². The molecule has 0 bridgehead atoms. The minimum atomic E-state index is -3.67. The Hall–Kier alpha value is -1.98. The lowest BCUT2D eigenvalue weighted by atomic mass is 9.97. The molecule has 2 N–H and O–H groups in total. The van der Waals surface area contributed by atoms with E-state index in [1.54, 1.807) is 43.9 Å². The number of aromatic nitrogens is 2. The molecule has 3 rings (SSSR count). The first-order chi connectivity index (χ1) is 15.1. The average Bonchev–Trinajstić information content (AvgIpc) is 2.79. The number of amides is 1. The number of anilines is 1. The summed E-state index contributed by atoms with van der Waals surface area (Å²) in [5, 5.41) is 9.81. The van der Waals surface area contributed by atoms with E-state index in [4.69, 9.17) is 28.4 Å². The fourth-order valence-electron chi connectivity index (χ4n) is 3.46. The van der Waals surface area contributed by atoms with Gasteiger partial charge in [0.25, 0.3) is 0 Å². The van der Waals surface area contributed by atoms with Crippen LogP contribution >= 0.6 is 23.2 Å². The first kappa shape index (κ1) is 24.7. The van der Waals surface area contributed by atoms with Gasteiger partial charge < -0.3 is 4.90 Å². The third kappa shape index (κ3) is 5.68. The van der Waals surface area contributed by atoms with Gasteiger partial charge in [-0.15, -0.1) is 0 Å². The maximum atomic E-state index is 12.8. The van der Waals surface area contributed by atoms with E-state index >= 15 is 0 Å². The Labute approximate surface area is 197 Å². The number of sulfonamides is 1. The summed E-state index contributed by atoms with van der Waals surface area (Å²) in [6, 6.07) is 5.28. The maximum absolute atomic E-state index is 12.8. The molecule has 9 nitrogen and oxygen atoms in total. The fourth-order valence-corrected chi connectivity index (χ4v) is 5.68. The van der Waals surface area contributed by atoms with E-state index in [1.807, 2.05) is 11.0 Å². The lowest BCUT2D eigenvalue weighted by Crippen LogP contribution is -2.51. The molecule has 1 unspecified atom stereocenters. The first-order valence-electron chi connectivity index (χ1n) is 10.1. The Balaban J connectivity index is 1.63. The molecule has 1 aromatic carbocycles. The van der Waals surface area contributed by atoms with E-state index < -0.39 is 21.8 Å². The van der Waals surface area contributed by atoms with E-state index in [-0.39, 0.29) is 24.8 Å². The van der Waals surface area contributed by atoms with Crippen molar-refractivity contribution in [3.05, 3.63) is 40.6 Å². The van der Waals surface area contributed by atoms with E-state index in [9.17, 15) is 13.2 Å². The number of carbonyl (C=O) groups excluding carboxylic acids is 1. The van der Waals surface area contributed by atoms with Crippen molar-refractivity contribution in [2.75, 3.05) is 36.8 Å². The molecule has 0 saturated carbocycles. The quantitative estimate of drug-likeness (QED) is 0.442. The minimum absolute atomic E-state index is 0.236. The number of nitrogens with one attached hydrogen (secondary N) is 1. The Morgan fingerprint density at radius 2 is 1.72 bits per heavy atom. The van der Waals surface area contributed by atoms with Gasteiger partial charge in [0.2, 0.25) is 21.9 Å². The highest BCUT2D eigenvalue weighted by atomic mass is 35.5. The van der Waals surface area contributed by atoms with E-state index in [2.05, 4.69) is 9.97 Å². The summed E-state index contributed by atoms with van der Waals surface area (Å²) in [5.74, 6) is -1.62. The largest absolute Gasteiger partial charge is 0.338 e. The Morgan fingerprint density at radius 1 is 1.09 bits per heavy atom. The van der Waals surface area contributed by atoms with Crippen LogP contribution in [0.1, 0.15) is 13.8 Å². The summed E-state index contributed by atoms with van der Waals surface area (Å²) >= 11 is 12.0. The molecular formula is C20H25Cl2N5O4S. The van der Waals surface area contributed by atoms with Gasteiger partial charge in [-0.05, 0) is 23.6 Å². The van der Waals surface area contributed by atoms with Gasteiger partial charge in [0, 0.05) is 44.1 Å². The highest BCUT2D eigenvalue weighted by Crippen LogP contribution is 2.28. The van der Waals surface area contributed by atoms with Crippen molar-refractivity contribution < 1.29 is 18.4 Å². The first-order valence-corrected chi connectivity index (χ1v) is 12.4. The van der Waals surface area contributed by atoms with E-state index in [0.717, 1.165) is 11.1 Å². The Kier molecular flexibility index (Phi) is 7.94. The van der Waals surface area contributed by atoms with E-state index in [0.29, 0.717) is 29.1 Å². The second-order valence-electron chi connectivity index (χ2n) is 7.89. The van der Waals surface area contributed by atoms with Crippen molar-refractivity contribution in [1.82, 2.24) is 19.8 Å². The number of carbonyl (C=O) groups is 1. The topological polar surface area (TPSA) is 116 Å². The van der Waals surface area contributed by atoms with Crippen LogP contribution in [0.3, 0.4) is 0 Å². The van der Waals surface area contributed by atoms with Gasteiger partial charge in [0.05, 0.1) is 21.7 Å². The number of hydrogen-bond acceptors (Lipinski definition) is 7. The number of piperazine rings is 1. The van der Waals surface area contributed by atoms with Crippen LogP contribution < -0.4 is 10.4 Å². The molecule has 2 aromatic rings. The summed E-state index contributed by atoms with van der Waals surface area (Å²) in [4.78, 5) is 22.6. The van der Waals surface area contributed by atoms with Crippen LogP contribution in [0.2, 0.25) is 10.0 Å². The molecule has 1 aliphatic heterocycles. The second-order valence-corrected chi connectivity index (χ2v) is 10.7. The summed E-state index contributed by atoms with van der Waals surface area (Å²) in [6.45, 7) is 4.84.